The summed E-state index contributed by atoms with van der Waals surface area (Å²) in [6.07, 6.45) is 5.11. The maximum atomic E-state index is 12.3. The van der Waals surface area contributed by atoms with Gasteiger partial charge >= 0.3 is 0 Å². The second-order valence-corrected chi connectivity index (χ2v) is 6.92. The van der Waals surface area contributed by atoms with Gasteiger partial charge in [-0.15, -0.1) is 0 Å². The van der Waals surface area contributed by atoms with Gasteiger partial charge in [-0.1, -0.05) is 0 Å². The lowest BCUT2D eigenvalue weighted by molar-refractivity contribution is -0.123. The van der Waals surface area contributed by atoms with Crippen LogP contribution in [0.25, 0.3) is 0 Å². The number of piperazine rings is 1. The van der Waals surface area contributed by atoms with Crippen LogP contribution in [0.15, 0.2) is 6.07 Å². The first kappa shape index (κ1) is 15.4. The number of rotatable bonds is 4. The van der Waals surface area contributed by atoms with Crippen molar-refractivity contribution in [2.45, 2.75) is 44.2 Å². The summed E-state index contributed by atoms with van der Waals surface area (Å²) in [6, 6.07) is 1.96. The van der Waals surface area contributed by atoms with Crippen molar-refractivity contribution in [2.24, 2.45) is 5.73 Å². The molecule has 1 atom stereocenters. The number of hydrogen-bond acceptors (Lipinski definition) is 5. The number of nitrogens with zero attached hydrogens (tertiary/aromatic N) is 2. The van der Waals surface area contributed by atoms with Crippen LogP contribution >= 0.6 is 0 Å². The van der Waals surface area contributed by atoms with Crippen molar-refractivity contribution in [3.63, 3.8) is 0 Å². The molecule has 4 N–H and O–H groups in total. The number of hydrogen-bond donors (Lipinski definition) is 3. The minimum Gasteiger partial charge on any atom is -0.365 e. The van der Waals surface area contributed by atoms with Crippen LogP contribution in [0.2, 0.25) is 0 Å². The lowest BCUT2D eigenvalue weighted by atomic mass is 10.1. The maximum absolute atomic E-state index is 12.3. The maximum Gasteiger partial charge on any atom is 0.252 e. The zero-order valence-corrected chi connectivity index (χ0v) is 13.7. The van der Waals surface area contributed by atoms with Crippen LogP contribution in [0, 0.1) is 0 Å². The molecule has 1 aliphatic heterocycles. The Bertz CT molecular complexity index is 686. The fourth-order valence-corrected chi connectivity index (χ4v) is 3.53. The SMILES string of the molecule is NC(=O)c1cc2c(nc1N1CCNC(C(=O)NC3CC3)C1)CCC2. The van der Waals surface area contributed by atoms with Crippen LogP contribution in [-0.4, -0.2) is 48.5 Å². The van der Waals surface area contributed by atoms with E-state index in [9.17, 15) is 9.59 Å². The minimum absolute atomic E-state index is 0.0315. The molecule has 0 radical (unpaired) electrons. The number of pyridine rings is 1. The third-order valence-corrected chi connectivity index (χ3v) is 5.01. The zero-order valence-electron chi connectivity index (χ0n) is 13.7. The van der Waals surface area contributed by atoms with E-state index in [1.807, 2.05) is 11.0 Å². The Morgan fingerprint density at radius 2 is 2.17 bits per heavy atom. The van der Waals surface area contributed by atoms with Gasteiger partial charge in [-0.05, 0) is 43.7 Å². The number of aryl methyl sites for hydroxylation is 2. The number of anilines is 1. The van der Waals surface area contributed by atoms with E-state index in [4.69, 9.17) is 10.7 Å². The van der Waals surface area contributed by atoms with Gasteiger partial charge in [-0.25, -0.2) is 4.98 Å². The van der Waals surface area contributed by atoms with Gasteiger partial charge in [0.25, 0.3) is 5.91 Å². The molecule has 0 spiro atoms. The van der Waals surface area contributed by atoms with E-state index < -0.39 is 5.91 Å². The van der Waals surface area contributed by atoms with Crippen molar-refractivity contribution >= 4 is 17.6 Å². The van der Waals surface area contributed by atoms with Crippen molar-refractivity contribution in [2.75, 3.05) is 24.5 Å². The van der Waals surface area contributed by atoms with E-state index in [2.05, 4.69) is 10.6 Å². The molecule has 2 heterocycles. The Morgan fingerprint density at radius 3 is 2.92 bits per heavy atom. The number of fused-ring (bicyclic) bond motifs is 1. The van der Waals surface area contributed by atoms with Gasteiger partial charge in [-0.2, -0.15) is 0 Å². The van der Waals surface area contributed by atoms with Gasteiger partial charge in [-0.3, -0.25) is 9.59 Å². The fraction of sp³-hybridized carbons (Fsp3) is 0.588. The second-order valence-electron chi connectivity index (χ2n) is 6.92. The monoisotopic (exact) mass is 329 g/mol. The Hall–Kier alpha value is -2.15. The summed E-state index contributed by atoms with van der Waals surface area (Å²) in [7, 11) is 0. The fourth-order valence-electron chi connectivity index (χ4n) is 3.53. The molecule has 1 saturated heterocycles. The molecule has 1 unspecified atom stereocenters. The van der Waals surface area contributed by atoms with Crippen LogP contribution in [0.4, 0.5) is 5.82 Å². The van der Waals surface area contributed by atoms with Gasteiger partial charge in [0, 0.05) is 31.4 Å². The molecule has 7 heteroatoms. The summed E-state index contributed by atoms with van der Waals surface area (Å²) in [5.41, 5.74) is 8.25. The van der Waals surface area contributed by atoms with Gasteiger partial charge < -0.3 is 21.3 Å². The van der Waals surface area contributed by atoms with Gasteiger partial charge in [0.1, 0.15) is 11.9 Å². The van der Waals surface area contributed by atoms with Crippen molar-refractivity contribution in [1.29, 1.82) is 0 Å². The predicted octanol–water partition coefficient (Wildman–Crippen LogP) is -0.274. The van der Waals surface area contributed by atoms with Gasteiger partial charge in [0.05, 0.1) is 5.56 Å². The molecule has 24 heavy (non-hydrogen) atoms. The van der Waals surface area contributed by atoms with Crippen molar-refractivity contribution in [1.82, 2.24) is 15.6 Å². The first-order valence-electron chi connectivity index (χ1n) is 8.73. The van der Waals surface area contributed by atoms with E-state index >= 15 is 0 Å². The standard InChI is InChI=1S/C17H23N5O2/c18-15(23)12-8-10-2-1-3-13(10)21-16(12)22-7-6-19-14(9-22)17(24)20-11-4-5-11/h8,11,14,19H,1-7,9H2,(H2,18,23)(H,20,24). The predicted molar refractivity (Wildman–Crippen MR) is 89.9 cm³/mol. The van der Waals surface area contributed by atoms with E-state index in [-0.39, 0.29) is 11.9 Å². The highest BCUT2D eigenvalue weighted by Crippen LogP contribution is 2.28. The molecule has 3 aliphatic rings. The number of primary amides is 1. The van der Waals surface area contributed by atoms with E-state index in [0.29, 0.717) is 37.1 Å². The van der Waals surface area contributed by atoms with E-state index in [1.165, 1.54) is 0 Å². The number of carbonyl (C=O) groups is 2. The average Bonchev–Trinajstić information content (AvgIpc) is 3.27. The average molecular weight is 329 g/mol. The molecule has 0 bridgehead atoms. The first-order valence-corrected chi connectivity index (χ1v) is 8.73. The third-order valence-electron chi connectivity index (χ3n) is 5.01. The lowest BCUT2D eigenvalue weighted by Gasteiger charge is -2.34. The topological polar surface area (TPSA) is 100 Å². The summed E-state index contributed by atoms with van der Waals surface area (Å²) in [5, 5.41) is 6.29. The van der Waals surface area contributed by atoms with Crippen LogP contribution in [0.3, 0.4) is 0 Å². The third kappa shape index (κ3) is 2.96. The van der Waals surface area contributed by atoms with Crippen molar-refractivity contribution in [3.05, 3.63) is 22.9 Å². The number of aromatic nitrogens is 1. The molecular formula is C17H23N5O2. The molecule has 2 fully saturated rings. The Kier molecular flexibility index (Phi) is 3.88. The summed E-state index contributed by atoms with van der Waals surface area (Å²) in [6.45, 7) is 1.89. The van der Waals surface area contributed by atoms with Gasteiger partial charge in [0.15, 0.2) is 0 Å². The molecule has 1 aromatic rings. The first-order chi connectivity index (χ1) is 11.6. The molecular weight excluding hydrogens is 306 g/mol. The highest BCUT2D eigenvalue weighted by atomic mass is 16.2. The zero-order chi connectivity index (χ0) is 16.7. The molecule has 2 amide bonds. The summed E-state index contributed by atoms with van der Waals surface area (Å²) < 4.78 is 0. The Labute approximate surface area is 141 Å². The number of nitrogens with two attached hydrogens (primary N) is 1. The van der Waals surface area contributed by atoms with Crippen LogP contribution in [0.1, 0.15) is 40.9 Å². The summed E-state index contributed by atoms with van der Waals surface area (Å²) >= 11 is 0. The highest BCUT2D eigenvalue weighted by molar-refractivity contribution is 5.98. The Balaban J connectivity index is 1.57. The molecule has 0 aromatic carbocycles. The largest absolute Gasteiger partial charge is 0.365 e. The molecule has 2 aliphatic carbocycles. The van der Waals surface area contributed by atoms with Crippen molar-refractivity contribution in [3.8, 4) is 0 Å². The van der Waals surface area contributed by atoms with E-state index in [1.54, 1.807) is 0 Å². The minimum atomic E-state index is -0.454. The quantitative estimate of drug-likeness (QED) is 0.706. The second kappa shape index (κ2) is 6.05. The van der Waals surface area contributed by atoms with Gasteiger partial charge in [0.2, 0.25) is 5.91 Å². The molecule has 4 rings (SSSR count). The number of carbonyl (C=O) groups excluding carboxylic acids is 2. The smallest absolute Gasteiger partial charge is 0.252 e. The van der Waals surface area contributed by atoms with Crippen LogP contribution in [0.5, 0.6) is 0 Å². The molecule has 1 aromatic heterocycles. The lowest BCUT2D eigenvalue weighted by Crippen LogP contribution is -2.58. The normalized spacial score (nSPS) is 23.0. The molecule has 7 nitrogen and oxygen atoms in total. The molecule has 1 saturated carbocycles. The molecule has 128 valence electrons. The summed E-state index contributed by atoms with van der Waals surface area (Å²) in [4.78, 5) is 31.0. The number of nitrogens with one attached hydrogen (secondary N) is 2. The highest BCUT2D eigenvalue weighted by Gasteiger charge is 2.32. The van der Waals surface area contributed by atoms with Crippen LogP contribution < -0.4 is 21.3 Å². The van der Waals surface area contributed by atoms with E-state index in [0.717, 1.165) is 43.4 Å². The Morgan fingerprint density at radius 1 is 1.33 bits per heavy atom. The number of amides is 2. The van der Waals surface area contributed by atoms with Crippen LogP contribution in [-0.2, 0) is 17.6 Å². The van der Waals surface area contributed by atoms with Crippen molar-refractivity contribution < 1.29 is 9.59 Å². The summed E-state index contributed by atoms with van der Waals surface area (Å²) in [5.74, 6) is 0.211.